The van der Waals surface area contributed by atoms with E-state index in [0.29, 0.717) is 5.92 Å². The van der Waals surface area contributed by atoms with Crippen LogP contribution < -0.4 is 0 Å². The predicted octanol–water partition coefficient (Wildman–Crippen LogP) is 1.77. The van der Waals surface area contributed by atoms with Gasteiger partial charge in [0.1, 0.15) is 0 Å². The summed E-state index contributed by atoms with van der Waals surface area (Å²) in [6, 6.07) is 0. The van der Waals surface area contributed by atoms with Crippen molar-refractivity contribution in [2.75, 3.05) is 13.7 Å². The van der Waals surface area contributed by atoms with Crippen LogP contribution in [0.5, 0.6) is 0 Å². The molecule has 10 heavy (non-hydrogen) atoms. The smallest absolute Gasteiger partial charge is 0.0678 e. The number of hydrogen-bond donors (Lipinski definition) is 0. The summed E-state index contributed by atoms with van der Waals surface area (Å²) in [7, 11) is 1.76. The number of hydrogen-bond acceptors (Lipinski definition) is 1. The highest BCUT2D eigenvalue weighted by Crippen LogP contribution is 2.37. The first-order valence-corrected chi connectivity index (χ1v) is 3.78. The Morgan fingerprint density at radius 2 is 2.50 bits per heavy atom. The molecule has 2 aliphatic carbocycles. The van der Waals surface area contributed by atoms with E-state index in [0.717, 1.165) is 12.5 Å². The van der Waals surface area contributed by atoms with Crippen LogP contribution in [-0.4, -0.2) is 13.7 Å². The van der Waals surface area contributed by atoms with Gasteiger partial charge in [-0.3, -0.25) is 0 Å². The van der Waals surface area contributed by atoms with Crippen LogP contribution in [0.4, 0.5) is 0 Å². The summed E-state index contributed by atoms with van der Waals surface area (Å²) in [5.41, 5.74) is 1.48. The largest absolute Gasteiger partial charge is 0.380 e. The van der Waals surface area contributed by atoms with Crippen molar-refractivity contribution < 1.29 is 4.74 Å². The fourth-order valence-electron chi connectivity index (χ4n) is 1.85. The molecule has 2 bridgehead atoms. The summed E-state index contributed by atoms with van der Waals surface area (Å²) in [6.07, 6.45) is 8.25. The number of ether oxygens (including phenoxy) is 1. The Labute approximate surface area is 61.4 Å². The van der Waals surface area contributed by atoms with E-state index in [9.17, 15) is 0 Å². The highest BCUT2D eigenvalue weighted by Gasteiger charge is 2.27. The van der Waals surface area contributed by atoms with E-state index in [-0.39, 0.29) is 0 Å². The molecular formula is C9H12O. The molecule has 0 aliphatic heterocycles. The third-order valence-electron chi connectivity index (χ3n) is 2.33. The van der Waals surface area contributed by atoms with E-state index in [1.54, 1.807) is 7.11 Å². The molecule has 1 nitrogen and oxygen atoms in total. The molecule has 0 amide bonds. The second-order valence-electron chi connectivity index (χ2n) is 3.07. The maximum atomic E-state index is 5.08. The maximum Gasteiger partial charge on any atom is 0.0678 e. The quantitative estimate of drug-likeness (QED) is 0.526. The van der Waals surface area contributed by atoms with Gasteiger partial charge in [-0.15, -0.1) is 0 Å². The molecule has 0 aromatic heterocycles. The van der Waals surface area contributed by atoms with Crippen LogP contribution in [0.15, 0.2) is 23.8 Å². The zero-order valence-corrected chi connectivity index (χ0v) is 6.21. The molecule has 0 unspecified atom stereocenters. The lowest BCUT2D eigenvalue weighted by Crippen LogP contribution is -2.00. The zero-order chi connectivity index (χ0) is 6.97. The van der Waals surface area contributed by atoms with Crippen molar-refractivity contribution in [1.29, 1.82) is 0 Å². The van der Waals surface area contributed by atoms with E-state index in [1.165, 1.54) is 12.0 Å². The minimum Gasteiger partial charge on any atom is -0.380 e. The van der Waals surface area contributed by atoms with E-state index in [4.69, 9.17) is 4.74 Å². The summed E-state index contributed by atoms with van der Waals surface area (Å²) in [5.74, 6) is 1.44. The summed E-state index contributed by atoms with van der Waals surface area (Å²) in [5, 5.41) is 0. The Balaban J connectivity index is 2.07. The predicted molar refractivity (Wildman–Crippen MR) is 40.7 cm³/mol. The molecule has 0 heterocycles. The molecule has 1 heteroatoms. The van der Waals surface area contributed by atoms with Crippen LogP contribution in [0, 0.1) is 11.8 Å². The van der Waals surface area contributed by atoms with E-state index in [2.05, 4.69) is 18.2 Å². The SMILES string of the molecule is COCC1=C[C@H]2C=C[C@@H]1C2. The van der Waals surface area contributed by atoms with Gasteiger partial charge < -0.3 is 4.74 Å². The number of fused-ring (bicyclic) bond motifs is 2. The second-order valence-corrected chi connectivity index (χ2v) is 3.07. The van der Waals surface area contributed by atoms with Crippen LogP contribution in [0.3, 0.4) is 0 Å². The summed E-state index contributed by atoms with van der Waals surface area (Å²) in [4.78, 5) is 0. The van der Waals surface area contributed by atoms with Crippen LogP contribution in [-0.2, 0) is 4.74 Å². The Hall–Kier alpha value is -0.560. The topological polar surface area (TPSA) is 9.23 Å². The van der Waals surface area contributed by atoms with Crippen molar-refractivity contribution in [2.24, 2.45) is 11.8 Å². The Kier molecular flexibility index (Phi) is 1.38. The van der Waals surface area contributed by atoms with Gasteiger partial charge in [0.05, 0.1) is 6.61 Å². The minimum atomic E-state index is 0.713. The zero-order valence-electron chi connectivity index (χ0n) is 6.21. The number of allylic oxidation sites excluding steroid dienone is 3. The monoisotopic (exact) mass is 136 g/mol. The molecule has 0 saturated carbocycles. The third kappa shape index (κ3) is 0.816. The van der Waals surface area contributed by atoms with Crippen LogP contribution in [0.2, 0.25) is 0 Å². The fourth-order valence-corrected chi connectivity index (χ4v) is 1.85. The lowest BCUT2D eigenvalue weighted by atomic mass is 10.0. The van der Waals surface area contributed by atoms with E-state index >= 15 is 0 Å². The summed E-state index contributed by atoms with van der Waals surface area (Å²) < 4.78 is 5.08. The standard InChI is InChI=1S/C9H12O/c1-10-6-9-5-7-2-3-8(9)4-7/h2-3,5,7-8H,4,6H2,1H3/t7-,8+/m0/s1. The molecule has 0 N–H and O–H groups in total. The van der Waals surface area contributed by atoms with Crippen molar-refractivity contribution in [2.45, 2.75) is 6.42 Å². The van der Waals surface area contributed by atoms with Gasteiger partial charge in [-0.1, -0.05) is 18.2 Å². The van der Waals surface area contributed by atoms with E-state index in [1.807, 2.05) is 0 Å². The first kappa shape index (κ1) is 6.17. The van der Waals surface area contributed by atoms with Crippen molar-refractivity contribution >= 4 is 0 Å². The van der Waals surface area contributed by atoms with Gasteiger partial charge in [-0.2, -0.15) is 0 Å². The van der Waals surface area contributed by atoms with Crippen LogP contribution >= 0.6 is 0 Å². The van der Waals surface area contributed by atoms with Crippen molar-refractivity contribution in [1.82, 2.24) is 0 Å². The van der Waals surface area contributed by atoms with E-state index < -0.39 is 0 Å². The lowest BCUT2D eigenvalue weighted by Gasteiger charge is -2.07. The van der Waals surface area contributed by atoms with Gasteiger partial charge in [0.25, 0.3) is 0 Å². The summed E-state index contributed by atoms with van der Waals surface area (Å²) >= 11 is 0. The van der Waals surface area contributed by atoms with Crippen molar-refractivity contribution in [3.63, 3.8) is 0 Å². The molecule has 0 aromatic rings. The molecule has 54 valence electrons. The van der Waals surface area contributed by atoms with Crippen LogP contribution in [0.1, 0.15) is 6.42 Å². The Morgan fingerprint density at radius 3 is 3.00 bits per heavy atom. The molecule has 0 saturated heterocycles. The molecule has 0 aromatic carbocycles. The van der Waals surface area contributed by atoms with Crippen LogP contribution in [0.25, 0.3) is 0 Å². The minimum absolute atomic E-state index is 0.713. The average Bonchev–Trinajstić information content (AvgIpc) is 2.48. The average molecular weight is 136 g/mol. The van der Waals surface area contributed by atoms with Gasteiger partial charge in [-0.25, -0.2) is 0 Å². The Bertz CT molecular complexity index is 191. The number of rotatable bonds is 2. The molecule has 0 spiro atoms. The third-order valence-corrected chi connectivity index (χ3v) is 2.33. The highest BCUT2D eigenvalue weighted by atomic mass is 16.5. The number of methoxy groups -OCH3 is 1. The van der Waals surface area contributed by atoms with Gasteiger partial charge in [0.15, 0.2) is 0 Å². The van der Waals surface area contributed by atoms with Gasteiger partial charge in [0, 0.05) is 13.0 Å². The fraction of sp³-hybridized carbons (Fsp3) is 0.556. The molecule has 0 fully saturated rings. The molecule has 0 radical (unpaired) electrons. The maximum absolute atomic E-state index is 5.08. The molecule has 2 atom stereocenters. The highest BCUT2D eigenvalue weighted by molar-refractivity contribution is 5.30. The first-order chi connectivity index (χ1) is 4.90. The first-order valence-electron chi connectivity index (χ1n) is 3.78. The summed E-state index contributed by atoms with van der Waals surface area (Å²) in [6.45, 7) is 0.825. The van der Waals surface area contributed by atoms with Gasteiger partial charge in [-0.05, 0) is 17.9 Å². The van der Waals surface area contributed by atoms with Crippen molar-refractivity contribution in [3.05, 3.63) is 23.8 Å². The Morgan fingerprint density at radius 1 is 1.60 bits per heavy atom. The molecule has 2 rings (SSSR count). The van der Waals surface area contributed by atoms with Crippen molar-refractivity contribution in [3.8, 4) is 0 Å². The molecular weight excluding hydrogens is 124 g/mol. The lowest BCUT2D eigenvalue weighted by molar-refractivity contribution is 0.220. The van der Waals surface area contributed by atoms with Gasteiger partial charge >= 0.3 is 0 Å². The molecule has 2 aliphatic rings. The normalized spacial score (nSPS) is 35.1. The second kappa shape index (κ2) is 2.24. The van der Waals surface area contributed by atoms with Gasteiger partial charge in [0.2, 0.25) is 0 Å².